The van der Waals surface area contributed by atoms with Crippen LogP contribution < -0.4 is 10.6 Å². The first-order valence-corrected chi connectivity index (χ1v) is 8.79. The number of imidazole rings is 1. The highest BCUT2D eigenvalue weighted by molar-refractivity contribution is 8.06. The van der Waals surface area contributed by atoms with E-state index in [0.717, 1.165) is 17.3 Å². The fourth-order valence-electron chi connectivity index (χ4n) is 1.89. The van der Waals surface area contributed by atoms with Gasteiger partial charge in [-0.2, -0.15) is 23.5 Å². The number of thioether (sulfide) groups is 2. The third-order valence-corrected chi connectivity index (χ3v) is 5.80. The zero-order chi connectivity index (χ0) is 15.1. The molecule has 1 aliphatic heterocycles. The number of urea groups is 1. The van der Waals surface area contributed by atoms with Crippen molar-refractivity contribution >= 4 is 35.5 Å². The maximum absolute atomic E-state index is 11.8. The van der Waals surface area contributed by atoms with Gasteiger partial charge in [-0.15, -0.1) is 0 Å². The van der Waals surface area contributed by atoms with E-state index >= 15 is 0 Å². The predicted molar refractivity (Wildman–Crippen MR) is 83.8 cm³/mol. The number of aromatic amines is 1. The molecular formula is C12H18N4O3S2. The molecule has 4 N–H and O–H groups in total. The van der Waals surface area contributed by atoms with E-state index in [1.165, 1.54) is 6.33 Å². The van der Waals surface area contributed by atoms with Crippen molar-refractivity contribution in [3.8, 4) is 0 Å². The van der Waals surface area contributed by atoms with Gasteiger partial charge in [0.1, 0.15) is 6.04 Å². The van der Waals surface area contributed by atoms with Crippen molar-refractivity contribution in [1.82, 2.24) is 20.6 Å². The number of hydrogen-bond donors (Lipinski definition) is 4. The number of aromatic nitrogens is 2. The van der Waals surface area contributed by atoms with Crippen LogP contribution in [0.3, 0.4) is 0 Å². The summed E-state index contributed by atoms with van der Waals surface area (Å²) in [5.74, 6) is 2.19. The molecule has 0 saturated carbocycles. The number of nitrogens with zero attached hydrogens (tertiary/aromatic N) is 1. The zero-order valence-corrected chi connectivity index (χ0v) is 13.0. The third kappa shape index (κ3) is 5.50. The first kappa shape index (κ1) is 16.0. The normalized spacial score (nSPS) is 19.7. The van der Waals surface area contributed by atoms with Gasteiger partial charge in [-0.3, -0.25) is 0 Å². The van der Waals surface area contributed by atoms with Crippen LogP contribution >= 0.6 is 23.5 Å². The number of nitrogens with one attached hydrogen (secondary N) is 3. The molecule has 0 aromatic carbocycles. The van der Waals surface area contributed by atoms with Crippen LogP contribution in [0, 0.1) is 0 Å². The quantitative estimate of drug-likeness (QED) is 0.607. The SMILES string of the molecule is O=C(NCC1CSCCS1)N[C@H](Cc1cnc[nH]1)C(=O)O. The van der Waals surface area contributed by atoms with Gasteiger partial charge in [0.2, 0.25) is 0 Å². The van der Waals surface area contributed by atoms with E-state index < -0.39 is 18.0 Å². The Labute approximate surface area is 131 Å². The molecule has 1 saturated heterocycles. The van der Waals surface area contributed by atoms with Crippen molar-refractivity contribution in [3.63, 3.8) is 0 Å². The maximum Gasteiger partial charge on any atom is 0.326 e. The van der Waals surface area contributed by atoms with Gasteiger partial charge < -0.3 is 20.7 Å². The molecule has 1 unspecified atom stereocenters. The van der Waals surface area contributed by atoms with E-state index in [1.807, 2.05) is 23.5 Å². The zero-order valence-electron chi connectivity index (χ0n) is 11.4. The lowest BCUT2D eigenvalue weighted by molar-refractivity contribution is -0.139. The number of H-pyrrole nitrogens is 1. The van der Waals surface area contributed by atoms with Crippen LogP contribution in [-0.4, -0.2) is 62.2 Å². The molecule has 2 atom stereocenters. The maximum atomic E-state index is 11.8. The van der Waals surface area contributed by atoms with E-state index in [9.17, 15) is 9.59 Å². The number of aliphatic carboxylic acids is 1. The van der Waals surface area contributed by atoms with Gasteiger partial charge in [0.15, 0.2) is 0 Å². The highest BCUT2D eigenvalue weighted by atomic mass is 32.2. The Morgan fingerprint density at radius 1 is 1.52 bits per heavy atom. The van der Waals surface area contributed by atoms with Gasteiger partial charge in [-0.25, -0.2) is 14.6 Å². The van der Waals surface area contributed by atoms with Gasteiger partial charge >= 0.3 is 12.0 Å². The molecule has 0 aliphatic carbocycles. The molecular weight excluding hydrogens is 312 g/mol. The van der Waals surface area contributed by atoms with Crippen molar-refractivity contribution in [3.05, 3.63) is 18.2 Å². The summed E-state index contributed by atoms with van der Waals surface area (Å²) in [6.45, 7) is 0.555. The lowest BCUT2D eigenvalue weighted by Gasteiger charge is -2.22. The van der Waals surface area contributed by atoms with E-state index in [2.05, 4.69) is 20.6 Å². The molecule has 0 radical (unpaired) electrons. The summed E-state index contributed by atoms with van der Waals surface area (Å²) in [5, 5.41) is 14.8. The molecule has 9 heteroatoms. The third-order valence-electron chi connectivity index (χ3n) is 2.96. The van der Waals surface area contributed by atoms with E-state index in [-0.39, 0.29) is 6.42 Å². The molecule has 1 aromatic heterocycles. The van der Waals surface area contributed by atoms with Gasteiger partial charge in [-0.05, 0) is 0 Å². The standard InChI is InChI=1S/C12H18N4O3S2/c17-11(18)10(3-8-4-13-7-15-8)16-12(19)14-5-9-6-20-1-2-21-9/h4,7,9-10H,1-3,5-6H2,(H,13,15)(H,17,18)(H2,14,16,19)/t9?,10-/m1/s1. The summed E-state index contributed by atoms with van der Waals surface area (Å²) in [5.41, 5.74) is 0.668. The van der Waals surface area contributed by atoms with E-state index in [0.29, 0.717) is 17.5 Å². The average Bonchev–Trinajstić information content (AvgIpc) is 2.98. The molecule has 2 heterocycles. The van der Waals surface area contributed by atoms with Crippen molar-refractivity contribution in [2.75, 3.05) is 23.8 Å². The molecule has 0 bridgehead atoms. The first-order chi connectivity index (χ1) is 10.1. The molecule has 2 amide bonds. The predicted octanol–water partition coefficient (Wildman–Crippen LogP) is 0.553. The molecule has 7 nitrogen and oxygen atoms in total. The number of carbonyl (C=O) groups excluding carboxylic acids is 1. The number of carboxylic acids is 1. The minimum absolute atomic E-state index is 0.177. The summed E-state index contributed by atoms with van der Waals surface area (Å²) in [6.07, 6.45) is 3.20. The Bertz CT molecular complexity index is 463. The number of hydrogen-bond acceptors (Lipinski definition) is 5. The van der Waals surface area contributed by atoms with Gasteiger partial charge in [0.05, 0.1) is 6.33 Å². The summed E-state index contributed by atoms with van der Waals surface area (Å²) < 4.78 is 0. The van der Waals surface area contributed by atoms with Crippen molar-refractivity contribution in [2.24, 2.45) is 0 Å². The highest BCUT2D eigenvalue weighted by Crippen LogP contribution is 2.23. The monoisotopic (exact) mass is 330 g/mol. The van der Waals surface area contributed by atoms with Gasteiger partial charge in [0, 0.05) is 47.4 Å². The van der Waals surface area contributed by atoms with Crippen molar-refractivity contribution in [2.45, 2.75) is 17.7 Å². The molecule has 116 valence electrons. The molecule has 1 aromatic rings. The van der Waals surface area contributed by atoms with Gasteiger partial charge in [0.25, 0.3) is 0 Å². The Kier molecular flexibility index (Phi) is 6.24. The minimum atomic E-state index is -1.07. The van der Waals surface area contributed by atoms with Crippen LogP contribution in [0.5, 0.6) is 0 Å². The summed E-state index contributed by atoms with van der Waals surface area (Å²) in [6, 6.07) is -1.42. The van der Waals surface area contributed by atoms with Gasteiger partial charge in [-0.1, -0.05) is 0 Å². The summed E-state index contributed by atoms with van der Waals surface area (Å²) in [4.78, 5) is 29.6. The van der Waals surface area contributed by atoms with Crippen LogP contribution in [0.2, 0.25) is 0 Å². The van der Waals surface area contributed by atoms with E-state index in [1.54, 1.807) is 6.20 Å². The van der Waals surface area contributed by atoms with Crippen molar-refractivity contribution in [1.29, 1.82) is 0 Å². The van der Waals surface area contributed by atoms with Crippen molar-refractivity contribution < 1.29 is 14.7 Å². The minimum Gasteiger partial charge on any atom is -0.480 e. The second kappa shape index (κ2) is 8.18. The largest absolute Gasteiger partial charge is 0.480 e. The summed E-state index contributed by atoms with van der Waals surface area (Å²) in [7, 11) is 0. The van der Waals surface area contributed by atoms with Crippen LogP contribution in [0.4, 0.5) is 4.79 Å². The summed E-state index contributed by atoms with van der Waals surface area (Å²) >= 11 is 3.72. The number of amides is 2. The number of rotatable bonds is 6. The smallest absolute Gasteiger partial charge is 0.326 e. The second-order valence-electron chi connectivity index (χ2n) is 4.59. The van der Waals surface area contributed by atoms with Crippen LogP contribution in [0.15, 0.2) is 12.5 Å². The number of carbonyl (C=O) groups is 2. The highest BCUT2D eigenvalue weighted by Gasteiger charge is 2.22. The lowest BCUT2D eigenvalue weighted by Crippen LogP contribution is -2.48. The first-order valence-electron chi connectivity index (χ1n) is 6.59. The van der Waals surface area contributed by atoms with Crippen LogP contribution in [0.1, 0.15) is 5.69 Å². The topological polar surface area (TPSA) is 107 Å². The van der Waals surface area contributed by atoms with Crippen LogP contribution in [0.25, 0.3) is 0 Å². The Morgan fingerprint density at radius 2 is 2.38 bits per heavy atom. The second-order valence-corrected chi connectivity index (χ2v) is 7.15. The van der Waals surface area contributed by atoms with Crippen LogP contribution in [-0.2, 0) is 11.2 Å². The molecule has 1 fully saturated rings. The number of carboxylic acid groups (broad SMARTS) is 1. The lowest BCUT2D eigenvalue weighted by atomic mass is 10.2. The Morgan fingerprint density at radius 3 is 3.00 bits per heavy atom. The fraction of sp³-hybridized carbons (Fsp3) is 0.583. The average molecular weight is 330 g/mol. The molecule has 21 heavy (non-hydrogen) atoms. The van der Waals surface area contributed by atoms with E-state index in [4.69, 9.17) is 5.11 Å². The Balaban J connectivity index is 1.76. The fourth-order valence-corrected chi connectivity index (χ4v) is 4.50. The molecule has 0 spiro atoms. The molecule has 2 rings (SSSR count). The molecule has 1 aliphatic rings. The Hall–Kier alpha value is -1.35.